The lowest BCUT2D eigenvalue weighted by Crippen LogP contribution is -2.43. The lowest BCUT2D eigenvalue weighted by atomic mass is 10.2. The highest BCUT2D eigenvalue weighted by Crippen LogP contribution is 2.58. The van der Waals surface area contributed by atoms with Crippen molar-refractivity contribution in [1.82, 2.24) is 102 Å². The van der Waals surface area contributed by atoms with Crippen LogP contribution >= 0.6 is 42.6 Å². The first-order valence-electron chi connectivity index (χ1n) is 32.6. The summed E-state index contributed by atoms with van der Waals surface area (Å²) in [6.07, 6.45) is -45.6. The number of phosphoric ester groups is 1. The van der Waals surface area contributed by atoms with Crippen molar-refractivity contribution < 1.29 is 112 Å². The van der Waals surface area contributed by atoms with Crippen molar-refractivity contribution in [1.29, 1.82) is 0 Å². The molecule has 3 aromatic carbocycles. The number of halogens is 21. The molecule has 0 fully saturated rings. The first kappa shape index (κ1) is 85.8. The third-order valence-corrected chi connectivity index (χ3v) is 18.6. The summed E-state index contributed by atoms with van der Waals surface area (Å²) in [5.74, 6) is -17.5. The number of hydrogen-bond donors (Lipinski definition) is 3. The molecular formula is C63H42Cl3F18N24O10P. The van der Waals surface area contributed by atoms with Crippen molar-refractivity contribution >= 4 is 60.3 Å². The maximum Gasteiger partial charge on any atom is 0.476 e. The average molecular weight is 1770 g/mol. The molecule has 3 atom stereocenters. The molecule has 34 nitrogen and oxygen atoms in total. The number of phosphoric acid groups is 1. The SMILES string of the molecule is NC(=O)c1nc(Cn2nc(-c3ccc(Cl)cc3)n(C[C@H](OP(=O)(O[C@@H](Cn3c(-c4ccc(Cl)cc4)nn(Cc4nc(C(N)=O)n(-c5ncccc5C(F)(F)F)n4)c3=O)C(F)(F)F)O[C@@H](Cn3c(-c4ccc(Cl)cc4)nn(Cc4nc(C(N)=O)n(-c5ncccc5C(F)(F)F)n4)c3=O)C(F)(F)F)C(F)(F)F)c2=O)nn1-c1ncccc1C(F)(F)F. The van der Waals surface area contributed by atoms with Gasteiger partial charge in [-0.05, 0) is 109 Å². The first-order valence-corrected chi connectivity index (χ1v) is 35.2. The van der Waals surface area contributed by atoms with E-state index in [9.17, 15) is 68.3 Å². The zero-order chi connectivity index (χ0) is 86.7. The van der Waals surface area contributed by atoms with Gasteiger partial charge in [-0.2, -0.15) is 93.1 Å². The average Bonchev–Trinajstić information content (AvgIpc) is 1.60. The Morgan fingerprint density at radius 3 is 0.824 bits per heavy atom. The van der Waals surface area contributed by atoms with Crippen LogP contribution in [0, 0.1) is 0 Å². The third-order valence-electron chi connectivity index (χ3n) is 16.4. The van der Waals surface area contributed by atoms with Gasteiger partial charge in [-0.15, -0.1) is 30.6 Å². The zero-order valence-electron chi connectivity index (χ0n) is 58.2. The Morgan fingerprint density at radius 2 is 0.613 bits per heavy atom. The van der Waals surface area contributed by atoms with Crippen molar-refractivity contribution in [3.63, 3.8) is 0 Å². The van der Waals surface area contributed by atoms with Gasteiger partial charge < -0.3 is 17.2 Å². The van der Waals surface area contributed by atoms with E-state index in [1.165, 1.54) is 0 Å². The molecule has 0 saturated carbocycles. The minimum atomic E-state index is -7.83. The number of carbonyl (C=O) groups is 3. The smallest absolute Gasteiger partial charge is 0.363 e. The molecule has 9 aromatic heterocycles. The number of carbonyl (C=O) groups excluding carboxylic acids is 3. The van der Waals surface area contributed by atoms with E-state index in [0.29, 0.717) is 18.2 Å². The molecule has 56 heteroatoms. The van der Waals surface area contributed by atoms with E-state index >= 15 is 44.1 Å². The zero-order valence-corrected chi connectivity index (χ0v) is 61.4. The number of pyridine rings is 3. The Hall–Kier alpha value is -12.5. The molecule has 0 unspecified atom stereocenters. The lowest BCUT2D eigenvalue weighted by Gasteiger charge is -2.32. The molecule has 626 valence electrons. The number of hydrogen-bond acceptors (Lipinski definition) is 22. The number of benzene rings is 3. The summed E-state index contributed by atoms with van der Waals surface area (Å²) < 4.78 is 306. The second-order valence-electron chi connectivity index (χ2n) is 24.5. The van der Waals surface area contributed by atoms with E-state index in [1.54, 1.807) is 0 Å². The molecule has 3 amide bonds. The topological polar surface area (TPSA) is 424 Å². The quantitative estimate of drug-likeness (QED) is 0.0318. The van der Waals surface area contributed by atoms with Crippen molar-refractivity contribution in [2.75, 3.05) is 0 Å². The Morgan fingerprint density at radius 1 is 0.378 bits per heavy atom. The van der Waals surface area contributed by atoms with Crippen LogP contribution in [0.5, 0.6) is 0 Å². The summed E-state index contributed by atoms with van der Waals surface area (Å²) in [7, 11) is -7.83. The minimum absolute atomic E-state index is 0.0921. The molecule has 12 aromatic rings. The standard InChI is InChI=1S/C63H42Cl3F18N24O10P/c64-31-13-7-28(8-14-31)46-97-103(25-40-91-52(43(85)109)106(94-40)49-34(58(67,68)69)4-1-19-88-49)55(112)100(46)22-37(61(76,77)78)116-119(115,117-38(62(79,80)81)23-101-47(29-9-15-32(65)16-10-29)98-104(56(101)113)26-41-92-53(44(86)110)107(95-41)50-35(59(70,71)72)5-2-20-89-50)118-39(63(82,83)84)24-102-48(30-11-17-33(66)18-12-30)99-105(57(102)114)27-42-93-54(45(87)111)108(96-42)51-36(60(73,74)75)6-3-21-90-51/h1-21,37-39H,22-27H2,(H2,85,109)(H2,86,110)(H2,87,111)/t37-,38-,39-/m0/s1. The number of nitrogens with zero attached hydrogens (tertiary/aromatic N) is 21. The Labute approximate surface area is 661 Å². The monoisotopic (exact) mass is 1770 g/mol. The highest BCUT2D eigenvalue weighted by Gasteiger charge is 2.56. The predicted octanol–water partition coefficient (Wildman–Crippen LogP) is 9.50. The van der Waals surface area contributed by atoms with Crippen LogP contribution in [0.1, 0.15) is 66.0 Å². The molecule has 0 radical (unpaired) electrons. The molecule has 0 aliphatic carbocycles. The molecule has 6 N–H and O–H groups in total. The van der Waals surface area contributed by atoms with E-state index < -0.39 is 241 Å². The van der Waals surface area contributed by atoms with Crippen LogP contribution in [-0.2, 0) is 75.9 Å². The summed E-state index contributed by atoms with van der Waals surface area (Å²) >= 11 is 18.3. The maximum atomic E-state index is 16.3. The largest absolute Gasteiger partial charge is 0.476 e. The van der Waals surface area contributed by atoms with E-state index in [2.05, 4.69) is 60.5 Å². The molecule has 0 aliphatic rings. The van der Waals surface area contributed by atoms with Crippen molar-refractivity contribution in [2.45, 2.75) is 94.6 Å². The number of rotatable bonds is 27. The fourth-order valence-corrected chi connectivity index (χ4v) is 13.2. The number of nitrogens with two attached hydrogens (primary N) is 3. The summed E-state index contributed by atoms with van der Waals surface area (Å²) in [5.41, 5.74) is 4.54. The van der Waals surface area contributed by atoms with Crippen LogP contribution in [0.15, 0.2) is 142 Å². The summed E-state index contributed by atoms with van der Waals surface area (Å²) in [6, 6.07) is 15.7. The van der Waals surface area contributed by atoms with Gasteiger partial charge in [0.25, 0.3) is 17.7 Å². The van der Waals surface area contributed by atoms with Crippen molar-refractivity contribution in [3.8, 4) is 51.6 Å². The van der Waals surface area contributed by atoms with Crippen LogP contribution in [0.25, 0.3) is 51.6 Å². The number of alkyl halides is 18. The van der Waals surface area contributed by atoms with Crippen LogP contribution in [0.4, 0.5) is 79.0 Å². The van der Waals surface area contributed by atoms with E-state index in [4.69, 9.17) is 65.6 Å². The minimum Gasteiger partial charge on any atom is -0.363 e. The normalized spacial score (nSPS) is 13.5. The fraction of sp³-hybridized carbons (Fsp3) is 0.238. The van der Waals surface area contributed by atoms with E-state index in [0.717, 1.165) is 110 Å². The molecule has 0 saturated heterocycles. The Balaban J connectivity index is 1.00. The Kier molecular flexibility index (Phi) is 23.4. The molecule has 12 rings (SSSR count). The van der Waals surface area contributed by atoms with Crippen LogP contribution in [0.2, 0.25) is 15.1 Å². The second kappa shape index (κ2) is 32.4. The van der Waals surface area contributed by atoms with Crippen LogP contribution < -0.4 is 34.3 Å². The summed E-state index contributed by atoms with van der Waals surface area (Å²) in [4.78, 5) is 104. The van der Waals surface area contributed by atoms with Gasteiger partial charge >= 0.3 is 61.9 Å². The molecule has 0 spiro atoms. The van der Waals surface area contributed by atoms with Crippen LogP contribution in [0.3, 0.4) is 0 Å². The lowest BCUT2D eigenvalue weighted by molar-refractivity contribution is -0.234. The van der Waals surface area contributed by atoms with Gasteiger partial charge in [-0.1, -0.05) is 34.8 Å². The molecular weight excluding hydrogens is 1730 g/mol. The second-order valence-corrected chi connectivity index (χ2v) is 27.3. The number of aromatic nitrogens is 21. The maximum absolute atomic E-state index is 16.3. The Bertz CT molecular complexity index is 5530. The summed E-state index contributed by atoms with van der Waals surface area (Å²) in [6.45, 7) is -11.0. The van der Waals surface area contributed by atoms with Gasteiger partial charge in [-0.3, -0.25) is 41.7 Å². The molecule has 0 aliphatic heterocycles. The van der Waals surface area contributed by atoms with Gasteiger partial charge in [0.05, 0.1) is 19.6 Å². The number of primary amides is 3. The van der Waals surface area contributed by atoms with Gasteiger partial charge in [0.2, 0.25) is 17.5 Å². The predicted molar refractivity (Wildman–Crippen MR) is 367 cm³/mol. The van der Waals surface area contributed by atoms with Gasteiger partial charge in [0, 0.05) is 50.3 Å². The first-order chi connectivity index (χ1) is 55.5. The van der Waals surface area contributed by atoms with Gasteiger partial charge in [-0.25, -0.2) is 62.9 Å². The van der Waals surface area contributed by atoms with Crippen molar-refractivity contribution in [2.24, 2.45) is 17.2 Å². The van der Waals surface area contributed by atoms with Crippen LogP contribution in [-0.4, -0.2) is 157 Å². The van der Waals surface area contributed by atoms with E-state index in [1.807, 2.05) is 0 Å². The number of amides is 3. The van der Waals surface area contributed by atoms with Crippen molar-refractivity contribution in [3.05, 3.63) is 226 Å². The van der Waals surface area contributed by atoms with Gasteiger partial charge in [0.15, 0.2) is 70.7 Å². The highest BCUT2D eigenvalue weighted by molar-refractivity contribution is 7.48. The molecule has 119 heavy (non-hydrogen) atoms. The molecule has 9 heterocycles. The highest BCUT2D eigenvalue weighted by atomic mass is 35.5. The fourth-order valence-electron chi connectivity index (χ4n) is 11.1. The van der Waals surface area contributed by atoms with E-state index in [-0.39, 0.29) is 56.9 Å². The summed E-state index contributed by atoms with van der Waals surface area (Å²) in [5, 5.41) is 22.8. The third kappa shape index (κ3) is 18.7. The molecule has 0 bridgehead atoms. The van der Waals surface area contributed by atoms with Gasteiger partial charge in [0.1, 0.15) is 36.3 Å².